The highest BCUT2D eigenvalue weighted by molar-refractivity contribution is 7.10. The summed E-state index contributed by atoms with van der Waals surface area (Å²) in [5.41, 5.74) is 1.68. The van der Waals surface area contributed by atoms with E-state index in [2.05, 4.69) is 5.32 Å². The van der Waals surface area contributed by atoms with E-state index in [4.69, 9.17) is 9.47 Å². The number of rotatable bonds is 10. The molecule has 200 valence electrons. The summed E-state index contributed by atoms with van der Waals surface area (Å²) in [5.74, 6) is 0.461. The molecule has 7 nitrogen and oxygen atoms in total. The minimum absolute atomic E-state index is 0.0632. The number of Topliss-reactive ketones (excluding diaryl/α,β-unsaturated/α-hetero) is 1. The van der Waals surface area contributed by atoms with E-state index >= 15 is 0 Å². The van der Waals surface area contributed by atoms with Gasteiger partial charge in [-0.15, -0.1) is 11.3 Å². The predicted molar refractivity (Wildman–Crippen MR) is 149 cm³/mol. The first kappa shape index (κ1) is 27.4. The molecule has 0 spiro atoms. The molecule has 4 rings (SSSR count). The van der Waals surface area contributed by atoms with Gasteiger partial charge in [-0.1, -0.05) is 31.4 Å². The molecule has 1 N–H and O–H groups in total. The van der Waals surface area contributed by atoms with Crippen molar-refractivity contribution in [3.63, 3.8) is 0 Å². The zero-order chi connectivity index (χ0) is 27.1. The van der Waals surface area contributed by atoms with Crippen LogP contribution in [0.3, 0.4) is 0 Å². The first-order valence-corrected chi connectivity index (χ1v) is 13.8. The van der Waals surface area contributed by atoms with Gasteiger partial charge in [-0.3, -0.25) is 19.3 Å². The quantitative estimate of drug-likeness (QED) is 0.336. The van der Waals surface area contributed by atoms with Crippen molar-refractivity contribution in [2.45, 2.75) is 57.5 Å². The minimum Gasteiger partial charge on any atom is -0.493 e. The lowest BCUT2D eigenvalue weighted by Crippen LogP contribution is -2.47. The minimum atomic E-state index is -0.952. The highest BCUT2D eigenvalue weighted by Gasteiger charge is 2.35. The maximum absolute atomic E-state index is 14.0. The summed E-state index contributed by atoms with van der Waals surface area (Å²) >= 11 is 1.50. The Balaban J connectivity index is 1.81. The van der Waals surface area contributed by atoms with E-state index in [1.165, 1.54) is 24.7 Å². The molecule has 1 aliphatic rings. The lowest BCUT2D eigenvalue weighted by atomic mass is 9.94. The summed E-state index contributed by atoms with van der Waals surface area (Å²) in [5, 5.41) is 5.15. The molecule has 38 heavy (non-hydrogen) atoms. The third-order valence-corrected chi connectivity index (χ3v) is 7.78. The molecule has 3 aromatic rings. The Morgan fingerprint density at radius 1 is 0.974 bits per heavy atom. The number of thiophene rings is 1. The maximum Gasteiger partial charge on any atom is 0.248 e. The second-order valence-corrected chi connectivity index (χ2v) is 10.5. The molecule has 2 aromatic carbocycles. The fraction of sp³-hybridized carbons (Fsp3) is 0.367. The largest absolute Gasteiger partial charge is 0.493 e. The zero-order valence-corrected chi connectivity index (χ0v) is 22.9. The molecule has 0 bridgehead atoms. The first-order valence-electron chi connectivity index (χ1n) is 12.9. The smallest absolute Gasteiger partial charge is 0.248 e. The highest BCUT2D eigenvalue weighted by atomic mass is 32.1. The van der Waals surface area contributed by atoms with Crippen molar-refractivity contribution in [2.24, 2.45) is 0 Å². The highest BCUT2D eigenvalue weighted by Crippen LogP contribution is 2.35. The van der Waals surface area contributed by atoms with Crippen molar-refractivity contribution in [1.29, 1.82) is 0 Å². The fourth-order valence-corrected chi connectivity index (χ4v) is 5.60. The van der Waals surface area contributed by atoms with Crippen molar-refractivity contribution in [2.75, 3.05) is 19.1 Å². The van der Waals surface area contributed by atoms with Crippen LogP contribution in [0.25, 0.3) is 0 Å². The SMILES string of the molecule is COc1ccc([C@H](C(=O)NC2CCCCC2)N(C(=O)Cc2cccs2)c2ccc(C(C)=O)cc2)cc1OC. The number of amides is 2. The number of nitrogens with zero attached hydrogens (tertiary/aromatic N) is 1. The first-order chi connectivity index (χ1) is 18.4. The van der Waals surface area contributed by atoms with Crippen LogP contribution in [-0.2, 0) is 16.0 Å². The molecule has 2 amide bonds. The molecule has 0 radical (unpaired) electrons. The molecular weight excluding hydrogens is 500 g/mol. The van der Waals surface area contributed by atoms with Gasteiger partial charge in [-0.05, 0) is 73.2 Å². The van der Waals surface area contributed by atoms with Crippen LogP contribution in [-0.4, -0.2) is 37.9 Å². The van der Waals surface area contributed by atoms with E-state index in [1.54, 1.807) is 61.6 Å². The lowest BCUT2D eigenvalue weighted by Gasteiger charge is -2.34. The normalized spacial score (nSPS) is 14.4. The second kappa shape index (κ2) is 12.7. The topological polar surface area (TPSA) is 84.9 Å². The number of anilines is 1. The van der Waals surface area contributed by atoms with Crippen LogP contribution >= 0.6 is 11.3 Å². The molecule has 1 aliphatic carbocycles. The van der Waals surface area contributed by atoms with Gasteiger partial charge in [-0.2, -0.15) is 0 Å². The van der Waals surface area contributed by atoms with Crippen molar-refractivity contribution in [1.82, 2.24) is 5.32 Å². The number of ether oxygens (including phenoxy) is 2. The van der Waals surface area contributed by atoms with Crippen LogP contribution in [0, 0.1) is 0 Å². The predicted octanol–water partition coefficient (Wildman–Crippen LogP) is 5.73. The number of methoxy groups -OCH3 is 2. The molecular formula is C30H34N2O5S. The maximum atomic E-state index is 14.0. The fourth-order valence-electron chi connectivity index (χ4n) is 4.91. The van der Waals surface area contributed by atoms with Gasteiger partial charge in [0.05, 0.1) is 20.6 Å². The van der Waals surface area contributed by atoms with Gasteiger partial charge >= 0.3 is 0 Å². The van der Waals surface area contributed by atoms with Gasteiger partial charge in [0.1, 0.15) is 6.04 Å². The third kappa shape index (κ3) is 6.42. The van der Waals surface area contributed by atoms with E-state index in [0.717, 1.165) is 30.6 Å². The second-order valence-electron chi connectivity index (χ2n) is 9.48. The van der Waals surface area contributed by atoms with Crippen molar-refractivity contribution >= 4 is 34.6 Å². The molecule has 1 fully saturated rings. The Morgan fingerprint density at radius 2 is 1.68 bits per heavy atom. The molecule has 1 aromatic heterocycles. The Hall–Kier alpha value is -3.65. The van der Waals surface area contributed by atoms with E-state index < -0.39 is 6.04 Å². The number of carbonyl (C=O) groups is 3. The standard InChI is InChI=1S/C30H34N2O5S/c1-20(33)21-11-14-24(15-12-21)32(28(34)19-25-10-7-17-38-25)29(30(35)31-23-8-5-4-6-9-23)22-13-16-26(36-2)27(18-22)37-3/h7,10-18,23,29H,4-6,8-9,19H2,1-3H3,(H,31,35)/t29-/m1/s1. The molecule has 8 heteroatoms. The van der Waals surface area contributed by atoms with Crippen molar-refractivity contribution in [3.05, 3.63) is 76.0 Å². The Kier molecular flexibility index (Phi) is 9.18. The molecule has 0 unspecified atom stereocenters. The number of carbonyl (C=O) groups excluding carboxylic acids is 3. The summed E-state index contributed by atoms with van der Waals surface area (Å²) in [7, 11) is 3.09. The van der Waals surface area contributed by atoms with Crippen LogP contribution < -0.4 is 19.7 Å². The number of benzene rings is 2. The van der Waals surface area contributed by atoms with Crippen LogP contribution in [0.15, 0.2) is 60.0 Å². The summed E-state index contributed by atoms with van der Waals surface area (Å²) < 4.78 is 10.9. The zero-order valence-electron chi connectivity index (χ0n) is 22.1. The van der Waals surface area contributed by atoms with E-state index in [9.17, 15) is 14.4 Å². The molecule has 1 saturated carbocycles. The third-order valence-electron chi connectivity index (χ3n) is 6.91. The lowest BCUT2D eigenvalue weighted by molar-refractivity contribution is -0.127. The molecule has 0 aliphatic heterocycles. The summed E-state index contributed by atoms with van der Waals surface area (Å²) in [6.07, 6.45) is 5.28. The number of hydrogen-bond acceptors (Lipinski definition) is 6. The molecule has 1 heterocycles. The Morgan fingerprint density at radius 3 is 2.29 bits per heavy atom. The average Bonchev–Trinajstić information content (AvgIpc) is 3.44. The average molecular weight is 535 g/mol. The number of ketones is 1. The van der Waals surface area contributed by atoms with E-state index in [1.807, 2.05) is 17.5 Å². The molecule has 0 saturated heterocycles. The van der Waals surface area contributed by atoms with Gasteiger partial charge < -0.3 is 14.8 Å². The van der Waals surface area contributed by atoms with Gasteiger partial charge in [0.15, 0.2) is 17.3 Å². The van der Waals surface area contributed by atoms with Crippen LogP contribution in [0.5, 0.6) is 11.5 Å². The number of hydrogen-bond donors (Lipinski definition) is 1. The Labute approximate surface area is 227 Å². The Bertz CT molecular complexity index is 1250. The van der Waals surface area contributed by atoms with Gasteiger partial charge in [0, 0.05) is 22.2 Å². The van der Waals surface area contributed by atoms with Crippen molar-refractivity contribution in [3.8, 4) is 11.5 Å². The monoisotopic (exact) mass is 534 g/mol. The van der Waals surface area contributed by atoms with E-state index in [-0.39, 0.29) is 30.1 Å². The van der Waals surface area contributed by atoms with Crippen LogP contribution in [0.1, 0.15) is 65.9 Å². The molecule has 1 atom stereocenters. The van der Waals surface area contributed by atoms with Gasteiger partial charge in [0.25, 0.3) is 0 Å². The van der Waals surface area contributed by atoms with Crippen molar-refractivity contribution < 1.29 is 23.9 Å². The van der Waals surface area contributed by atoms with E-state index in [0.29, 0.717) is 28.3 Å². The number of nitrogens with one attached hydrogen (secondary N) is 1. The summed E-state index contributed by atoms with van der Waals surface area (Å²) in [4.78, 5) is 42.3. The van der Waals surface area contributed by atoms with Gasteiger partial charge in [0.2, 0.25) is 11.8 Å². The van der Waals surface area contributed by atoms with Crippen LogP contribution in [0.4, 0.5) is 5.69 Å². The summed E-state index contributed by atoms with van der Waals surface area (Å²) in [6, 6.07) is 15.0. The van der Waals surface area contributed by atoms with Gasteiger partial charge in [-0.25, -0.2) is 0 Å². The summed E-state index contributed by atoms with van der Waals surface area (Å²) in [6.45, 7) is 1.50. The van der Waals surface area contributed by atoms with Crippen LogP contribution in [0.2, 0.25) is 0 Å².